The van der Waals surface area contributed by atoms with Crippen molar-refractivity contribution in [3.8, 4) is 34.2 Å². The highest BCUT2D eigenvalue weighted by atomic mass is 32.2. The minimum Gasteiger partial charge on any atom is -0.481 e. The van der Waals surface area contributed by atoms with Crippen LogP contribution < -0.4 is 21.3 Å². The van der Waals surface area contributed by atoms with Gasteiger partial charge in [-0.05, 0) is 217 Å². The number of H-pyrrole nitrogens is 1. The fraction of sp³-hybridized carbons (Fsp3) is 0.504. The van der Waals surface area contributed by atoms with Gasteiger partial charge in [-0.3, -0.25) is 33.6 Å². The van der Waals surface area contributed by atoms with Crippen molar-refractivity contribution in [3.63, 3.8) is 0 Å². The molecule has 29 heteroatoms. The van der Waals surface area contributed by atoms with Gasteiger partial charge >= 0.3 is 11.9 Å². The van der Waals surface area contributed by atoms with Crippen molar-refractivity contribution in [2.24, 2.45) is 53.3 Å². The minimum absolute atomic E-state index is 0.0207. The largest absolute Gasteiger partial charge is 0.481 e. The number of rotatable bonds is 33. The lowest BCUT2D eigenvalue weighted by atomic mass is 9.70. The number of amides is 5. The van der Waals surface area contributed by atoms with Gasteiger partial charge in [-0.1, -0.05) is 251 Å². The van der Waals surface area contributed by atoms with Crippen LogP contribution in [-0.2, 0) is 75.7 Å². The van der Waals surface area contributed by atoms with E-state index in [1.165, 1.54) is 197 Å². The van der Waals surface area contributed by atoms with E-state index in [1.807, 2.05) is 128 Å². The van der Waals surface area contributed by atoms with Crippen LogP contribution in [-0.4, -0.2) is 154 Å². The number of allylic oxidation sites excluding steroid dienone is 6. The molecule has 786 valence electrons. The maximum Gasteiger partial charge on any atom is 0.326 e. The van der Waals surface area contributed by atoms with Gasteiger partial charge in [0.25, 0.3) is 22.8 Å². The lowest BCUT2D eigenvalue weighted by Gasteiger charge is -2.38. The van der Waals surface area contributed by atoms with E-state index in [2.05, 4.69) is 136 Å². The second kappa shape index (κ2) is 50.3. The number of carbonyl (C=O) groups excluding carboxylic acids is 6. The first-order valence-electron chi connectivity index (χ1n) is 53.6. The second-order valence-electron chi connectivity index (χ2n) is 45.3. The molecule has 8 heterocycles. The first kappa shape index (κ1) is 110. The smallest absolute Gasteiger partial charge is 0.326 e. The van der Waals surface area contributed by atoms with E-state index in [4.69, 9.17) is 19.9 Å². The van der Waals surface area contributed by atoms with Gasteiger partial charge in [0.1, 0.15) is 24.2 Å². The van der Waals surface area contributed by atoms with Crippen molar-refractivity contribution in [1.29, 1.82) is 0 Å². The first-order chi connectivity index (χ1) is 70.8. The highest BCUT2D eigenvalue weighted by Crippen LogP contribution is 2.46. The van der Waals surface area contributed by atoms with Crippen LogP contribution in [0.1, 0.15) is 326 Å². The molecule has 0 spiro atoms. The number of nitrogens with zero attached hydrogens (tertiary/aromatic N) is 8. The summed E-state index contributed by atoms with van der Waals surface area (Å²) < 4.78 is 24.4. The molecule has 0 bridgehead atoms. The normalized spacial score (nSPS) is 20.3. The fourth-order valence-corrected chi connectivity index (χ4v) is 25.8. The van der Waals surface area contributed by atoms with Gasteiger partial charge < -0.3 is 41.4 Å². The molecule has 1 saturated heterocycles. The Bertz CT molecular complexity index is 6400. The second-order valence-corrected chi connectivity index (χ2v) is 50.5. The Labute approximate surface area is 885 Å². The number of aromatic amines is 1. The molecule has 25 nitrogen and oxygen atoms in total. The number of thiophene rings is 3. The zero-order valence-corrected chi connectivity index (χ0v) is 91.3. The van der Waals surface area contributed by atoms with E-state index < -0.39 is 68.8 Å². The highest BCUT2D eigenvalue weighted by Gasteiger charge is 2.41. The summed E-state index contributed by atoms with van der Waals surface area (Å²) in [6.07, 6.45) is 57.1. The molecule has 3 unspecified atom stereocenters. The molecule has 7 N–H and O–H groups in total. The van der Waals surface area contributed by atoms with Gasteiger partial charge in [0.05, 0.1) is 26.9 Å². The van der Waals surface area contributed by atoms with Crippen LogP contribution in [0.15, 0.2) is 177 Å². The molecular weight excluding hydrogens is 1930 g/mol. The molecule has 7 aromatic heterocycles. The zero-order valence-electron chi connectivity index (χ0n) is 88.1. The van der Waals surface area contributed by atoms with E-state index >= 15 is 0 Å². The number of hydrogen-bond acceptors (Lipinski definition) is 20. The van der Waals surface area contributed by atoms with Crippen LogP contribution in [0.4, 0.5) is 0 Å². The Morgan fingerprint density at radius 1 is 0.405 bits per heavy atom. The van der Waals surface area contributed by atoms with Gasteiger partial charge in [-0.15, -0.1) is 34.0 Å². The molecular formula is C119H149N13O12S4. The SMILES string of the molecule is CC(C)(C)c1ccc(C(=O)N[C@@H](Cc2ccc(-c3ncc(C4=CCC(C5CCCCC5)CC4)cn3)cc2)C(=O)N2CC(C(=O)O)C2)s1.CCCC1CCC(C2CC=C(c3cnc(-c4ccc(C[C@H](NC(=O)c5ccc(C(C)(C)C)s5)C(=O)N[C@H](Cc5cnc[nH]5)C(=O)O)cc4)nc3)CC2)CC1.CCCC1CCC(C2CC=C(c3cnc(-c4ccc(C[C@H](NC(=O)c5ccc(C(C)(C)C)s5)C(=O)S(C)(=O)=O)cc4)nc3)CC2)CC1. The number of carboxylic acid groups (broad SMARTS) is 2. The van der Waals surface area contributed by atoms with Crippen molar-refractivity contribution in [1.82, 2.24) is 66.0 Å². The quantitative estimate of drug-likeness (QED) is 0.0201. The molecule has 10 aromatic rings. The molecule has 4 fully saturated rings. The highest BCUT2D eigenvalue weighted by molar-refractivity contribution is 8.05. The molecule has 7 aliphatic rings. The Morgan fingerprint density at radius 3 is 1.07 bits per heavy atom. The molecule has 0 radical (unpaired) electrons. The Hall–Kier alpha value is -11.7. The van der Waals surface area contributed by atoms with Gasteiger partial charge in [0.2, 0.25) is 21.7 Å². The number of benzene rings is 3. The number of aromatic nitrogens is 8. The van der Waals surface area contributed by atoms with Gasteiger partial charge in [0.15, 0.2) is 17.5 Å². The number of imidazole rings is 1. The van der Waals surface area contributed by atoms with E-state index in [0.29, 0.717) is 37.8 Å². The number of carboxylic acids is 2. The lowest BCUT2D eigenvalue weighted by Crippen LogP contribution is -2.59. The number of nitrogens with one attached hydrogen (secondary N) is 5. The summed E-state index contributed by atoms with van der Waals surface area (Å²) in [5.74, 6) is 4.14. The predicted octanol–water partition coefficient (Wildman–Crippen LogP) is 23.5. The zero-order chi connectivity index (χ0) is 105. The molecule has 7 atom stereocenters. The Balaban J connectivity index is 0.000000167. The molecule has 148 heavy (non-hydrogen) atoms. The number of carbonyl (C=O) groups is 8. The fourth-order valence-electron chi connectivity index (χ4n) is 22.2. The van der Waals surface area contributed by atoms with Crippen molar-refractivity contribution >= 4 is 107 Å². The molecule has 6 aliphatic carbocycles. The third-order valence-corrected chi connectivity index (χ3v) is 36.8. The van der Waals surface area contributed by atoms with Crippen LogP contribution in [0, 0.1) is 53.3 Å². The van der Waals surface area contributed by atoms with E-state index in [-0.39, 0.29) is 72.7 Å². The predicted molar refractivity (Wildman–Crippen MR) is 589 cm³/mol. The molecule has 17 rings (SSSR count). The molecule has 3 saturated carbocycles. The average Bonchev–Trinajstić information content (AvgIpc) is 1.36. The maximum absolute atomic E-state index is 13.7. The van der Waals surface area contributed by atoms with Gasteiger partial charge in [-0.25, -0.2) is 48.1 Å². The van der Waals surface area contributed by atoms with Crippen LogP contribution in [0.5, 0.6) is 0 Å². The number of likely N-dealkylation sites (tertiary alicyclic amines) is 1. The van der Waals surface area contributed by atoms with E-state index in [1.54, 1.807) is 18.2 Å². The summed E-state index contributed by atoms with van der Waals surface area (Å²) in [6, 6.07) is 29.5. The van der Waals surface area contributed by atoms with Crippen LogP contribution in [0.3, 0.4) is 0 Å². The summed E-state index contributed by atoms with van der Waals surface area (Å²) in [5.41, 5.74) is 12.4. The summed E-state index contributed by atoms with van der Waals surface area (Å²) in [5, 5.41) is 29.3. The van der Waals surface area contributed by atoms with E-state index in [0.717, 1.165) is 157 Å². The standard InChI is InChI=1S/C43H54N6O4S.C38H46N4O4S.C38H49N3O4S2/c1-5-6-27-7-11-29(12-8-27)30-15-17-31(18-16-30)33-23-45-39(46-24-33)32-13-9-28(10-14-32)21-35(48-41(51)37-19-20-38(54-37)43(2,3)4)40(50)49-36(42(52)53)22-34-25-44-26-47-34;1-38(2,3)33-18-17-32(47-33)35(43)41-31(36(44)42-22-30(23-42)37(45)46)19-24-9-11-28(12-10-24)34-39-20-29(21-40-34)27-15-13-26(14-16-27)25-7-5-4-6-8-25;1-6-7-25-8-12-27(13-9-25)28-16-18-29(19-17-28)31-23-39-35(40-24-31)30-14-10-26(11-15-30)22-32(37(43)47(5,44)45)41-36(42)33-20-21-34(46-33)38(2,3)4/h9-10,13-14,17,19-20,23-27,29-30,35-36H,5-8,11-12,15-16,18,21-22H2,1-4H3,(H,44,47)(H,48,51)(H,49,50)(H,52,53);9-12,15,17-18,20-21,25-26,30-31H,4-8,13-14,16,19,22-23H2,1-3H3,(H,41,43)(H,45,46);10-11,14-15,18,20-21,23-25,27-28,32H,6-9,12-13,16-17,19,22H2,1-5H3,(H,41,42)/t27?,29?,30?,35-,36+;26?,31-;25?,27?,28?,32-/m000/s1. The summed E-state index contributed by atoms with van der Waals surface area (Å²) in [6.45, 7) is 23.6. The molecule has 3 aromatic carbocycles. The number of aliphatic carboxylic acids is 2. The number of hydrogen-bond donors (Lipinski definition) is 7. The lowest BCUT2D eigenvalue weighted by molar-refractivity contribution is -0.153. The Kier molecular flexibility index (Phi) is 37.6. The van der Waals surface area contributed by atoms with E-state index in [9.17, 15) is 57.0 Å². The Morgan fingerprint density at radius 2 is 0.757 bits per heavy atom. The van der Waals surface area contributed by atoms with Gasteiger partial charge in [-0.2, -0.15) is 0 Å². The maximum atomic E-state index is 13.7. The summed E-state index contributed by atoms with van der Waals surface area (Å²) in [7, 11) is -4.02. The third kappa shape index (κ3) is 30.0. The van der Waals surface area contributed by atoms with Crippen LogP contribution >= 0.6 is 34.0 Å². The topological polar surface area (TPSA) is 369 Å². The summed E-state index contributed by atoms with van der Waals surface area (Å²) >= 11 is 4.15. The molecule has 1 aliphatic heterocycles. The first-order valence-corrected chi connectivity index (χ1v) is 58.0. The van der Waals surface area contributed by atoms with Crippen LogP contribution in [0.2, 0.25) is 0 Å². The third-order valence-electron chi connectivity index (χ3n) is 31.2. The van der Waals surface area contributed by atoms with Crippen molar-refractivity contribution < 1.29 is 57.0 Å². The number of sulfone groups is 1. The van der Waals surface area contributed by atoms with Gasteiger partial charge in [0, 0.05) is 142 Å². The summed E-state index contributed by atoms with van der Waals surface area (Å²) in [4.78, 5) is 144. The average molecular weight is 2080 g/mol. The van der Waals surface area contributed by atoms with Crippen molar-refractivity contribution in [3.05, 3.63) is 245 Å². The minimum atomic E-state index is -4.02. The monoisotopic (exact) mass is 2080 g/mol. The van der Waals surface area contributed by atoms with Crippen LogP contribution in [0.25, 0.3) is 50.9 Å². The van der Waals surface area contributed by atoms with Crippen molar-refractivity contribution in [2.45, 2.75) is 309 Å². The molecule has 5 amide bonds. The van der Waals surface area contributed by atoms with Crippen molar-refractivity contribution in [2.75, 3.05) is 19.3 Å².